The van der Waals surface area contributed by atoms with Gasteiger partial charge in [0.2, 0.25) is 0 Å². The van der Waals surface area contributed by atoms with E-state index in [1.54, 1.807) is 17.6 Å². The summed E-state index contributed by atoms with van der Waals surface area (Å²) >= 11 is 6.55. The van der Waals surface area contributed by atoms with Crippen molar-refractivity contribution in [1.82, 2.24) is 10.7 Å². The van der Waals surface area contributed by atoms with E-state index in [2.05, 4.69) is 15.8 Å². The van der Waals surface area contributed by atoms with Gasteiger partial charge in [-0.05, 0) is 30.6 Å². The average Bonchev–Trinajstić information content (AvgIpc) is 2.57. The van der Waals surface area contributed by atoms with Gasteiger partial charge in [-0.2, -0.15) is 5.10 Å². The van der Waals surface area contributed by atoms with Crippen molar-refractivity contribution in [3.05, 3.63) is 22.4 Å². The third-order valence-electron chi connectivity index (χ3n) is 1.24. The third kappa shape index (κ3) is 4.00. The molecule has 0 aliphatic carbocycles. The molecule has 13 heavy (non-hydrogen) atoms. The summed E-state index contributed by atoms with van der Waals surface area (Å²) in [5.74, 6) is 0. The maximum absolute atomic E-state index is 4.92. The molecule has 5 heteroatoms. The Balaban J connectivity index is 2.30. The van der Waals surface area contributed by atoms with Crippen LogP contribution in [-0.2, 0) is 0 Å². The summed E-state index contributed by atoms with van der Waals surface area (Å²) < 4.78 is 0. The first-order valence-electron chi connectivity index (χ1n) is 3.93. The highest BCUT2D eigenvalue weighted by Crippen LogP contribution is 2.03. The fourth-order valence-corrected chi connectivity index (χ4v) is 1.50. The number of hydrazone groups is 1. The Labute approximate surface area is 86.9 Å². The van der Waals surface area contributed by atoms with E-state index in [-0.39, 0.29) is 0 Å². The highest BCUT2D eigenvalue weighted by Gasteiger charge is 1.88. The van der Waals surface area contributed by atoms with Crippen molar-refractivity contribution in [3.63, 3.8) is 0 Å². The smallest absolute Gasteiger partial charge is 0.186 e. The number of thiophene rings is 1. The first-order valence-corrected chi connectivity index (χ1v) is 5.22. The molecular formula is C8H11N3S2. The van der Waals surface area contributed by atoms with Gasteiger partial charge in [-0.1, -0.05) is 6.07 Å². The first kappa shape index (κ1) is 10.1. The zero-order chi connectivity index (χ0) is 9.52. The fraction of sp³-hybridized carbons (Fsp3) is 0.250. The number of hydrogen-bond acceptors (Lipinski definition) is 3. The summed E-state index contributed by atoms with van der Waals surface area (Å²) in [4.78, 5) is 1.10. The Morgan fingerprint density at radius 1 is 1.77 bits per heavy atom. The zero-order valence-corrected chi connectivity index (χ0v) is 8.91. The van der Waals surface area contributed by atoms with E-state index in [1.165, 1.54) is 0 Å². The monoisotopic (exact) mass is 213 g/mol. The molecular weight excluding hydrogens is 202 g/mol. The molecule has 0 saturated carbocycles. The minimum atomic E-state index is 0.551. The normalized spacial score (nSPS) is 10.2. The van der Waals surface area contributed by atoms with Crippen LogP contribution in [0, 0.1) is 0 Å². The van der Waals surface area contributed by atoms with Crippen LogP contribution in [0.15, 0.2) is 22.6 Å². The van der Waals surface area contributed by atoms with Crippen LogP contribution in [0.25, 0.3) is 0 Å². The van der Waals surface area contributed by atoms with Crippen LogP contribution in [0.4, 0.5) is 0 Å². The molecule has 3 nitrogen and oxygen atoms in total. The van der Waals surface area contributed by atoms with Gasteiger partial charge in [-0.25, -0.2) is 0 Å². The Kier molecular flexibility index (Phi) is 4.42. The van der Waals surface area contributed by atoms with Crippen molar-refractivity contribution >= 4 is 34.9 Å². The van der Waals surface area contributed by atoms with Crippen molar-refractivity contribution in [2.45, 2.75) is 6.92 Å². The molecule has 0 radical (unpaired) electrons. The number of rotatable bonds is 3. The van der Waals surface area contributed by atoms with E-state index >= 15 is 0 Å². The van der Waals surface area contributed by atoms with Crippen LogP contribution in [0.3, 0.4) is 0 Å². The number of nitrogens with one attached hydrogen (secondary N) is 2. The second-order valence-corrected chi connectivity index (χ2v) is 3.63. The Morgan fingerprint density at radius 2 is 2.62 bits per heavy atom. The van der Waals surface area contributed by atoms with Crippen molar-refractivity contribution < 1.29 is 0 Å². The molecule has 1 heterocycles. The van der Waals surface area contributed by atoms with E-state index in [1.807, 2.05) is 24.4 Å². The van der Waals surface area contributed by atoms with Gasteiger partial charge < -0.3 is 5.32 Å². The maximum Gasteiger partial charge on any atom is 0.186 e. The summed E-state index contributed by atoms with van der Waals surface area (Å²) in [6, 6.07) is 3.97. The number of nitrogens with zero attached hydrogens (tertiary/aromatic N) is 1. The largest absolute Gasteiger partial charge is 0.362 e. The van der Waals surface area contributed by atoms with Crippen LogP contribution in [-0.4, -0.2) is 17.9 Å². The lowest BCUT2D eigenvalue weighted by Gasteiger charge is -2.01. The quantitative estimate of drug-likeness (QED) is 0.454. The van der Waals surface area contributed by atoms with Crippen molar-refractivity contribution in [3.8, 4) is 0 Å². The lowest BCUT2D eigenvalue weighted by molar-refractivity contribution is 0.904. The van der Waals surface area contributed by atoms with Crippen LogP contribution < -0.4 is 10.7 Å². The highest BCUT2D eigenvalue weighted by molar-refractivity contribution is 7.80. The standard InChI is InChI=1S/C8H11N3S2/c1-2-9-8(12)11-10-6-7-4-3-5-13-7/h3-6H,2H2,1H3,(H2,9,11,12)/b10-6+. The predicted molar refractivity (Wildman–Crippen MR) is 61.3 cm³/mol. The van der Waals surface area contributed by atoms with Gasteiger partial charge in [-0.3, -0.25) is 5.43 Å². The SMILES string of the molecule is CCNC(=S)N/N=C/c1cccs1. The average molecular weight is 213 g/mol. The van der Waals surface area contributed by atoms with Crippen LogP contribution in [0.2, 0.25) is 0 Å². The number of hydrogen-bond donors (Lipinski definition) is 2. The topological polar surface area (TPSA) is 36.4 Å². The van der Waals surface area contributed by atoms with Gasteiger partial charge in [0, 0.05) is 11.4 Å². The summed E-state index contributed by atoms with van der Waals surface area (Å²) in [5, 5.41) is 9.45. The molecule has 0 bridgehead atoms. The molecule has 2 N–H and O–H groups in total. The molecule has 0 amide bonds. The molecule has 70 valence electrons. The van der Waals surface area contributed by atoms with E-state index in [4.69, 9.17) is 12.2 Å². The molecule has 0 aromatic carbocycles. The first-order chi connectivity index (χ1) is 6.33. The third-order valence-corrected chi connectivity index (χ3v) is 2.28. The van der Waals surface area contributed by atoms with Gasteiger partial charge in [0.25, 0.3) is 0 Å². The van der Waals surface area contributed by atoms with Crippen LogP contribution in [0.5, 0.6) is 0 Å². The van der Waals surface area contributed by atoms with Crippen LogP contribution >= 0.6 is 23.6 Å². The molecule has 0 saturated heterocycles. The number of thiocarbonyl (C=S) groups is 1. The molecule has 0 spiro atoms. The fourth-order valence-electron chi connectivity index (χ4n) is 0.719. The van der Waals surface area contributed by atoms with Gasteiger partial charge in [-0.15, -0.1) is 11.3 Å². The molecule has 0 aliphatic heterocycles. The lowest BCUT2D eigenvalue weighted by Crippen LogP contribution is -2.31. The summed E-state index contributed by atoms with van der Waals surface area (Å²) in [7, 11) is 0. The lowest BCUT2D eigenvalue weighted by atomic mass is 10.5. The zero-order valence-electron chi connectivity index (χ0n) is 7.28. The van der Waals surface area contributed by atoms with Crippen molar-refractivity contribution in [1.29, 1.82) is 0 Å². The molecule has 0 fully saturated rings. The Morgan fingerprint density at radius 3 is 3.23 bits per heavy atom. The minimum absolute atomic E-state index is 0.551. The van der Waals surface area contributed by atoms with Crippen molar-refractivity contribution in [2.24, 2.45) is 5.10 Å². The molecule has 1 aromatic rings. The molecule has 1 aromatic heterocycles. The highest BCUT2D eigenvalue weighted by atomic mass is 32.1. The second kappa shape index (κ2) is 5.66. The van der Waals surface area contributed by atoms with Gasteiger partial charge in [0.05, 0.1) is 6.21 Å². The van der Waals surface area contributed by atoms with Crippen molar-refractivity contribution in [2.75, 3.05) is 6.54 Å². The maximum atomic E-state index is 4.92. The Hall–Kier alpha value is -0.940. The summed E-state index contributed by atoms with van der Waals surface area (Å²) in [5.41, 5.74) is 2.72. The van der Waals surface area contributed by atoms with E-state index < -0.39 is 0 Å². The van der Waals surface area contributed by atoms with E-state index in [0.29, 0.717) is 5.11 Å². The predicted octanol–water partition coefficient (Wildman–Crippen LogP) is 1.57. The van der Waals surface area contributed by atoms with Gasteiger partial charge in [0.15, 0.2) is 5.11 Å². The van der Waals surface area contributed by atoms with E-state index in [9.17, 15) is 0 Å². The van der Waals surface area contributed by atoms with E-state index in [0.717, 1.165) is 11.4 Å². The van der Waals surface area contributed by atoms with Gasteiger partial charge >= 0.3 is 0 Å². The second-order valence-electron chi connectivity index (χ2n) is 2.24. The molecule has 1 rings (SSSR count). The summed E-state index contributed by atoms with van der Waals surface area (Å²) in [6.45, 7) is 2.79. The Bertz CT molecular complexity index is 280. The molecule has 0 aliphatic rings. The molecule has 0 unspecified atom stereocenters. The minimum Gasteiger partial charge on any atom is -0.362 e. The van der Waals surface area contributed by atoms with Crippen LogP contribution in [0.1, 0.15) is 11.8 Å². The summed E-state index contributed by atoms with van der Waals surface area (Å²) in [6.07, 6.45) is 1.74. The molecule has 0 atom stereocenters. The van der Waals surface area contributed by atoms with Gasteiger partial charge in [0.1, 0.15) is 0 Å².